The molecule has 0 aliphatic rings. The molecule has 0 radical (unpaired) electrons. The van der Waals surface area contributed by atoms with E-state index in [-0.39, 0.29) is 23.9 Å². The second-order valence-corrected chi connectivity index (χ2v) is 10.0. The van der Waals surface area contributed by atoms with Crippen LogP contribution in [-0.4, -0.2) is 38.2 Å². The Morgan fingerprint density at radius 3 is 2.34 bits per heavy atom. The van der Waals surface area contributed by atoms with Crippen LogP contribution in [0.15, 0.2) is 77.0 Å². The van der Waals surface area contributed by atoms with E-state index in [4.69, 9.17) is 0 Å². The van der Waals surface area contributed by atoms with Crippen molar-refractivity contribution in [2.24, 2.45) is 0 Å². The first-order valence-corrected chi connectivity index (χ1v) is 12.4. The summed E-state index contributed by atoms with van der Waals surface area (Å²) in [7, 11) is -3.84. The number of aryl methyl sites for hydroxylation is 1. The Hall–Kier alpha value is -3.01. The molecule has 2 N–H and O–H groups in total. The van der Waals surface area contributed by atoms with Gasteiger partial charge in [-0.2, -0.15) is 0 Å². The van der Waals surface area contributed by atoms with E-state index in [1.54, 1.807) is 12.1 Å². The lowest BCUT2D eigenvalue weighted by atomic mass is 10.2. The van der Waals surface area contributed by atoms with Gasteiger partial charge in [-0.1, -0.05) is 54.1 Å². The molecule has 0 aliphatic carbocycles. The van der Waals surface area contributed by atoms with Gasteiger partial charge in [0.05, 0.1) is 24.5 Å². The van der Waals surface area contributed by atoms with Crippen molar-refractivity contribution < 1.29 is 18.0 Å². The van der Waals surface area contributed by atoms with E-state index >= 15 is 0 Å². The first-order valence-electron chi connectivity index (χ1n) is 10.0. The fraction of sp³-hybridized carbons (Fsp3) is 0.217. The quantitative estimate of drug-likeness (QED) is 0.475. The third kappa shape index (κ3) is 7.01. The molecule has 0 spiro atoms. The largest absolute Gasteiger partial charge is 0.350 e. The van der Waals surface area contributed by atoms with Gasteiger partial charge in [0.1, 0.15) is 0 Å². The van der Waals surface area contributed by atoms with E-state index < -0.39 is 22.5 Å². The van der Waals surface area contributed by atoms with Crippen molar-refractivity contribution in [1.29, 1.82) is 0 Å². The van der Waals surface area contributed by atoms with Gasteiger partial charge in [0.15, 0.2) is 0 Å². The maximum absolute atomic E-state index is 12.8. The SMILES string of the molecule is Cc1ccc(S(=O)(=O)NCC(=O)N(CC(=O)NCc2ccccc2)Cc2cccs2)cc1. The lowest BCUT2D eigenvalue weighted by molar-refractivity contribution is -0.135. The van der Waals surface area contributed by atoms with Gasteiger partial charge in [-0.15, -0.1) is 11.3 Å². The Morgan fingerprint density at radius 1 is 0.969 bits per heavy atom. The molecule has 3 rings (SSSR count). The van der Waals surface area contributed by atoms with Crippen LogP contribution >= 0.6 is 11.3 Å². The Kier molecular flexibility index (Phi) is 8.15. The standard InChI is InChI=1S/C23H25N3O4S2/c1-18-9-11-21(12-10-18)32(29,30)25-15-23(28)26(16-20-8-5-13-31-20)17-22(27)24-14-19-6-3-2-4-7-19/h2-13,25H,14-17H2,1H3,(H,24,27). The lowest BCUT2D eigenvalue weighted by Crippen LogP contribution is -2.44. The number of thiophene rings is 1. The van der Waals surface area contributed by atoms with Gasteiger partial charge in [-0.05, 0) is 36.1 Å². The Bertz CT molecular complexity index is 1130. The molecule has 0 bridgehead atoms. The average Bonchev–Trinajstić information content (AvgIpc) is 3.30. The minimum atomic E-state index is -3.84. The van der Waals surface area contributed by atoms with E-state index in [0.717, 1.165) is 16.0 Å². The van der Waals surface area contributed by atoms with Gasteiger partial charge in [0.25, 0.3) is 0 Å². The third-order valence-electron chi connectivity index (χ3n) is 4.69. The highest BCUT2D eigenvalue weighted by Crippen LogP contribution is 2.13. The van der Waals surface area contributed by atoms with E-state index in [2.05, 4.69) is 10.0 Å². The summed E-state index contributed by atoms with van der Waals surface area (Å²) in [5.74, 6) is -0.802. The summed E-state index contributed by atoms with van der Waals surface area (Å²) in [4.78, 5) is 27.6. The van der Waals surface area contributed by atoms with E-state index in [1.807, 2.05) is 54.8 Å². The van der Waals surface area contributed by atoms with Crippen LogP contribution in [0.1, 0.15) is 16.0 Å². The number of nitrogens with one attached hydrogen (secondary N) is 2. The number of sulfonamides is 1. The number of carbonyl (C=O) groups excluding carboxylic acids is 2. The number of carbonyl (C=O) groups is 2. The number of amides is 2. The molecule has 0 aliphatic heterocycles. The summed E-state index contributed by atoms with van der Waals surface area (Å²) in [6.45, 7) is 1.82. The highest BCUT2D eigenvalue weighted by molar-refractivity contribution is 7.89. The maximum Gasteiger partial charge on any atom is 0.241 e. The zero-order valence-electron chi connectivity index (χ0n) is 17.7. The number of benzene rings is 2. The summed E-state index contributed by atoms with van der Waals surface area (Å²) in [5, 5.41) is 4.68. The van der Waals surface area contributed by atoms with Crippen LogP contribution in [0.2, 0.25) is 0 Å². The molecule has 7 nitrogen and oxygen atoms in total. The fourth-order valence-corrected chi connectivity index (χ4v) is 4.61. The number of hydrogen-bond donors (Lipinski definition) is 2. The molecule has 168 valence electrons. The van der Waals surface area contributed by atoms with Crippen LogP contribution in [0.5, 0.6) is 0 Å². The number of nitrogens with zero attached hydrogens (tertiary/aromatic N) is 1. The van der Waals surface area contributed by atoms with Crippen molar-refractivity contribution in [3.8, 4) is 0 Å². The number of hydrogen-bond acceptors (Lipinski definition) is 5. The van der Waals surface area contributed by atoms with Crippen molar-refractivity contribution in [3.63, 3.8) is 0 Å². The van der Waals surface area contributed by atoms with Crippen molar-refractivity contribution in [3.05, 3.63) is 88.1 Å². The van der Waals surface area contributed by atoms with Gasteiger partial charge < -0.3 is 10.2 Å². The molecule has 0 saturated carbocycles. The zero-order valence-corrected chi connectivity index (χ0v) is 19.3. The predicted octanol–water partition coefficient (Wildman–Crippen LogP) is 2.68. The summed E-state index contributed by atoms with van der Waals surface area (Å²) >= 11 is 1.46. The second kappa shape index (κ2) is 11.0. The molecule has 3 aromatic rings. The average molecular weight is 472 g/mol. The number of rotatable bonds is 10. The van der Waals surface area contributed by atoms with Crippen LogP contribution in [0.25, 0.3) is 0 Å². The first-order chi connectivity index (χ1) is 15.3. The molecule has 0 unspecified atom stereocenters. The van der Waals surface area contributed by atoms with E-state index in [9.17, 15) is 18.0 Å². The fourth-order valence-electron chi connectivity index (χ4n) is 2.92. The molecule has 1 aromatic heterocycles. The van der Waals surface area contributed by atoms with Crippen LogP contribution < -0.4 is 10.0 Å². The van der Waals surface area contributed by atoms with Crippen LogP contribution in [0.3, 0.4) is 0 Å². The molecule has 0 fully saturated rings. The van der Waals surface area contributed by atoms with Crippen LogP contribution in [0.4, 0.5) is 0 Å². The van der Waals surface area contributed by atoms with E-state index in [1.165, 1.54) is 28.4 Å². The smallest absolute Gasteiger partial charge is 0.241 e. The molecular formula is C23H25N3O4S2. The highest BCUT2D eigenvalue weighted by atomic mass is 32.2. The summed E-state index contributed by atoms with van der Waals surface area (Å²) in [5.41, 5.74) is 1.88. The van der Waals surface area contributed by atoms with Gasteiger partial charge in [0, 0.05) is 11.4 Å². The van der Waals surface area contributed by atoms with Gasteiger partial charge in [0.2, 0.25) is 21.8 Å². The molecule has 32 heavy (non-hydrogen) atoms. The Morgan fingerprint density at radius 2 is 1.69 bits per heavy atom. The topological polar surface area (TPSA) is 95.6 Å². The van der Waals surface area contributed by atoms with Crippen LogP contribution in [-0.2, 0) is 32.7 Å². The minimum Gasteiger partial charge on any atom is -0.350 e. The first kappa shape index (κ1) is 23.6. The van der Waals surface area contributed by atoms with Crippen molar-refractivity contribution in [1.82, 2.24) is 14.9 Å². The zero-order chi connectivity index (χ0) is 23.0. The highest BCUT2D eigenvalue weighted by Gasteiger charge is 2.21. The molecule has 2 aromatic carbocycles. The summed E-state index contributed by atoms with van der Waals surface area (Å²) in [6.07, 6.45) is 0. The summed E-state index contributed by atoms with van der Waals surface area (Å²) < 4.78 is 27.4. The van der Waals surface area contributed by atoms with Gasteiger partial charge in [-0.25, -0.2) is 13.1 Å². The van der Waals surface area contributed by atoms with Crippen molar-refractivity contribution in [2.75, 3.05) is 13.1 Å². The van der Waals surface area contributed by atoms with Crippen molar-refractivity contribution in [2.45, 2.75) is 24.9 Å². The van der Waals surface area contributed by atoms with E-state index in [0.29, 0.717) is 6.54 Å². The second-order valence-electron chi connectivity index (χ2n) is 7.23. The van der Waals surface area contributed by atoms with Crippen LogP contribution in [0, 0.1) is 6.92 Å². The Balaban J connectivity index is 1.62. The monoisotopic (exact) mass is 471 g/mol. The molecule has 9 heteroatoms. The normalized spacial score (nSPS) is 11.2. The Labute approximate surface area is 192 Å². The van der Waals surface area contributed by atoms with Gasteiger partial charge in [-0.3, -0.25) is 9.59 Å². The van der Waals surface area contributed by atoms with Crippen molar-refractivity contribution >= 4 is 33.2 Å². The maximum atomic E-state index is 12.8. The molecule has 2 amide bonds. The summed E-state index contributed by atoms with van der Waals surface area (Å²) in [6, 6.07) is 19.5. The molecule has 0 atom stereocenters. The third-order valence-corrected chi connectivity index (χ3v) is 6.97. The molecule has 0 saturated heterocycles. The minimum absolute atomic E-state index is 0.0845. The lowest BCUT2D eigenvalue weighted by Gasteiger charge is -2.22. The molecule has 1 heterocycles. The van der Waals surface area contributed by atoms with Gasteiger partial charge >= 0.3 is 0 Å². The molecular weight excluding hydrogens is 446 g/mol. The predicted molar refractivity (Wildman–Crippen MR) is 124 cm³/mol.